The SMILES string of the molecule is O=C(c1ccc2nnc(C(F)F)n2c1)N1CCN(c2ccccn2)CC1. The van der Waals surface area contributed by atoms with Gasteiger partial charge in [-0.25, -0.2) is 13.8 Å². The van der Waals surface area contributed by atoms with E-state index in [1.807, 2.05) is 18.2 Å². The van der Waals surface area contributed by atoms with Crippen molar-refractivity contribution in [1.82, 2.24) is 24.5 Å². The number of carbonyl (C=O) groups excluding carboxylic acids is 1. The smallest absolute Gasteiger partial charge is 0.297 e. The van der Waals surface area contributed by atoms with E-state index in [9.17, 15) is 13.6 Å². The van der Waals surface area contributed by atoms with Crippen molar-refractivity contribution in [3.63, 3.8) is 0 Å². The molecule has 1 aliphatic heterocycles. The molecule has 1 amide bonds. The standard InChI is InChI=1S/C17H16F2N6O/c18-15(19)16-22-21-14-5-4-12(11-25(14)16)17(26)24-9-7-23(8-10-24)13-3-1-2-6-20-13/h1-6,11,15H,7-10H2. The Morgan fingerprint density at radius 1 is 1.04 bits per heavy atom. The van der Waals surface area contributed by atoms with Gasteiger partial charge in [0, 0.05) is 38.6 Å². The van der Waals surface area contributed by atoms with Crippen LogP contribution in [-0.2, 0) is 0 Å². The molecule has 1 saturated heterocycles. The van der Waals surface area contributed by atoms with Gasteiger partial charge in [0.05, 0.1) is 5.56 Å². The van der Waals surface area contributed by atoms with Crippen molar-refractivity contribution in [3.05, 3.63) is 54.1 Å². The zero-order chi connectivity index (χ0) is 18.1. The quantitative estimate of drug-likeness (QED) is 0.717. The van der Waals surface area contributed by atoms with Gasteiger partial charge in [0.15, 0.2) is 5.65 Å². The molecule has 1 fully saturated rings. The Bertz CT molecular complexity index is 921. The average Bonchev–Trinajstić information content (AvgIpc) is 3.12. The minimum absolute atomic E-state index is 0.193. The van der Waals surface area contributed by atoms with Crippen LogP contribution in [0.4, 0.5) is 14.6 Å². The number of pyridine rings is 2. The van der Waals surface area contributed by atoms with E-state index in [0.717, 1.165) is 5.82 Å². The van der Waals surface area contributed by atoms with Crippen molar-refractivity contribution in [2.75, 3.05) is 31.1 Å². The number of anilines is 1. The van der Waals surface area contributed by atoms with Crippen LogP contribution < -0.4 is 4.90 Å². The number of amides is 1. The van der Waals surface area contributed by atoms with Gasteiger partial charge in [0.2, 0.25) is 5.82 Å². The number of rotatable bonds is 3. The van der Waals surface area contributed by atoms with Crippen LogP contribution in [0.15, 0.2) is 42.7 Å². The molecule has 0 saturated carbocycles. The first-order valence-electron chi connectivity index (χ1n) is 8.21. The molecule has 0 atom stereocenters. The lowest BCUT2D eigenvalue weighted by Crippen LogP contribution is -2.49. The third kappa shape index (κ3) is 2.96. The minimum Gasteiger partial charge on any atom is -0.353 e. The highest BCUT2D eigenvalue weighted by molar-refractivity contribution is 5.94. The first-order valence-corrected chi connectivity index (χ1v) is 8.21. The lowest BCUT2D eigenvalue weighted by Gasteiger charge is -2.35. The second-order valence-electron chi connectivity index (χ2n) is 5.97. The molecular formula is C17H16F2N6O. The molecule has 3 aromatic heterocycles. The molecule has 4 heterocycles. The molecule has 1 aliphatic rings. The second-order valence-corrected chi connectivity index (χ2v) is 5.97. The topological polar surface area (TPSA) is 66.6 Å². The monoisotopic (exact) mass is 358 g/mol. The summed E-state index contributed by atoms with van der Waals surface area (Å²) in [5.41, 5.74) is 0.627. The Morgan fingerprint density at radius 3 is 2.54 bits per heavy atom. The highest BCUT2D eigenvalue weighted by Gasteiger charge is 2.24. The molecule has 4 rings (SSSR count). The fraction of sp³-hybridized carbons (Fsp3) is 0.294. The van der Waals surface area contributed by atoms with Crippen LogP contribution in [-0.4, -0.2) is 56.6 Å². The summed E-state index contributed by atoms with van der Waals surface area (Å²) >= 11 is 0. The maximum atomic E-state index is 13.0. The molecule has 134 valence electrons. The number of nitrogens with zero attached hydrogens (tertiary/aromatic N) is 6. The lowest BCUT2D eigenvalue weighted by molar-refractivity contribution is 0.0745. The van der Waals surface area contributed by atoms with Gasteiger partial charge in [-0.3, -0.25) is 9.20 Å². The van der Waals surface area contributed by atoms with Crippen molar-refractivity contribution < 1.29 is 13.6 Å². The molecule has 0 radical (unpaired) electrons. The molecule has 0 bridgehead atoms. The molecular weight excluding hydrogens is 342 g/mol. The van der Waals surface area contributed by atoms with E-state index >= 15 is 0 Å². The van der Waals surface area contributed by atoms with Crippen LogP contribution in [0.3, 0.4) is 0 Å². The van der Waals surface area contributed by atoms with Crippen molar-refractivity contribution in [2.24, 2.45) is 0 Å². The van der Waals surface area contributed by atoms with E-state index in [0.29, 0.717) is 31.7 Å². The largest absolute Gasteiger partial charge is 0.353 e. The average molecular weight is 358 g/mol. The number of hydrogen-bond acceptors (Lipinski definition) is 5. The van der Waals surface area contributed by atoms with Gasteiger partial charge in [0.1, 0.15) is 5.82 Å². The summed E-state index contributed by atoms with van der Waals surface area (Å²) in [5.74, 6) is 0.225. The van der Waals surface area contributed by atoms with Crippen molar-refractivity contribution in [2.45, 2.75) is 6.43 Å². The number of alkyl halides is 2. The summed E-state index contributed by atoms with van der Waals surface area (Å²) in [6.07, 6.45) is 0.365. The molecule has 3 aromatic rings. The van der Waals surface area contributed by atoms with E-state index in [-0.39, 0.29) is 11.6 Å². The summed E-state index contributed by atoms with van der Waals surface area (Å²) in [4.78, 5) is 20.9. The zero-order valence-corrected chi connectivity index (χ0v) is 13.8. The fourth-order valence-corrected chi connectivity index (χ4v) is 3.05. The van der Waals surface area contributed by atoms with E-state index in [2.05, 4.69) is 20.1 Å². The molecule has 0 spiro atoms. The molecule has 0 N–H and O–H groups in total. The number of hydrogen-bond donors (Lipinski definition) is 0. The Hall–Kier alpha value is -3.10. The summed E-state index contributed by atoms with van der Waals surface area (Å²) in [6, 6.07) is 8.83. The van der Waals surface area contributed by atoms with Gasteiger partial charge in [-0.1, -0.05) is 6.07 Å². The predicted octanol–water partition coefficient (Wildman–Crippen LogP) is 2.02. The normalized spacial score (nSPS) is 15.0. The van der Waals surface area contributed by atoms with Crippen LogP contribution in [0.25, 0.3) is 5.65 Å². The van der Waals surface area contributed by atoms with Gasteiger partial charge in [-0.15, -0.1) is 10.2 Å². The first kappa shape index (κ1) is 16.4. The van der Waals surface area contributed by atoms with E-state index in [4.69, 9.17) is 0 Å². The van der Waals surface area contributed by atoms with Crippen LogP contribution in [0.5, 0.6) is 0 Å². The maximum absolute atomic E-state index is 13.0. The molecule has 26 heavy (non-hydrogen) atoms. The van der Waals surface area contributed by atoms with E-state index in [1.54, 1.807) is 17.2 Å². The number of aromatic nitrogens is 4. The van der Waals surface area contributed by atoms with Gasteiger partial charge in [-0.2, -0.15) is 0 Å². The van der Waals surface area contributed by atoms with E-state index < -0.39 is 12.2 Å². The number of halogens is 2. The third-order valence-corrected chi connectivity index (χ3v) is 4.41. The molecule has 7 nitrogen and oxygen atoms in total. The van der Waals surface area contributed by atoms with Crippen molar-refractivity contribution in [3.8, 4) is 0 Å². The number of fused-ring (bicyclic) bond motifs is 1. The number of piperazine rings is 1. The van der Waals surface area contributed by atoms with Crippen molar-refractivity contribution in [1.29, 1.82) is 0 Å². The first-order chi connectivity index (χ1) is 12.6. The molecule has 0 aromatic carbocycles. The Balaban J connectivity index is 1.50. The van der Waals surface area contributed by atoms with Crippen molar-refractivity contribution >= 4 is 17.4 Å². The predicted molar refractivity (Wildman–Crippen MR) is 90.3 cm³/mol. The van der Waals surface area contributed by atoms with Crippen LogP contribution in [0.1, 0.15) is 22.6 Å². The third-order valence-electron chi connectivity index (χ3n) is 4.41. The van der Waals surface area contributed by atoms with Crippen LogP contribution >= 0.6 is 0 Å². The van der Waals surface area contributed by atoms with Crippen LogP contribution in [0.2, 0.25) is 0 Å². The molecule has 0 aliphatic carbocycles. The molecule has 0 unspecified atom stereocenters. The van der Waals surface area contributed by atoms with Crippen LogP contribution in [0, 0.1) is 0 Å². The van der Waals surface area contributed by atoms with Gasteiger partial charge < -0.3 is 9.80 Å². The number of carbonyl (C=O) groups is 1. The molecule has 9 heteroatoms. The van der Waals surface area contributed by atoms with Gasteiger partial charge in [0.25, 0.3) is 12.3 Å². The van der Waals surface area contributed by atoms with E-state index in [1.165, 1.54) is 16.7 Å². The Morgan fingerprint density at radius 2 is 1.85 bits per heavy atom. The van der Waals surface area contributed by atoms with Gasteiger partial charge in [-0.05, 0) is 24.3 Å². The Kier molecular flexibility index (Phi) is 4.19. The highest BCUT2D eigenvalue weighted by atomic mass is 19.3. The maximum Gasteiger partial charge on any atom is 0.297 e. The Labute approximate surface area is 147 Å². The summed E-state index contributed by atoms with van der Waals surface area (Å²) in [7, 11) is 0. The van der Waals surface area contributed by atoms with Gasteiger partial charge >= 0.3 is 0 Å². The second kappa shape index (κ2) is 6.66. The lowest BCUT2D eigenvalue weighted by atomic mass is 10.2. The summed E-state index contributed by atoms with van der Waals surface area (Å²) in [6.45, 7) is 2.41. The zero-order valence-electron chi connectivity index (χ0n) is 13.8. The summed E-state index contributed by atoms with van der Waals surface area (Å²) in [5, 5.41) is 7.17. The summed E-state index contributed by atoms with van der Waals surface area (Å²) < 4.78 is 27.2. The highest BCUT2D eigenvalue weighted by Crippen LogP contribution is 2.19. The minimum atomic E-state index is -2.75. The fourth-order valence-electron chi connectivity index (χ4n) is 3.05.